The number of nitrogens with one attached hydrogen (secondary N) is 3. The molecule has 6 aliphatic carbocycles. The third-order valence-corrected chi connectivity index (χ3v) is 15.6. The second kappa shape index (κ2) is 25.2. The average Bonchev–Trinajstić information content (AvgIpc) is 3.27. The third-order valence-electron chi connectivity index (χ3n) is 15.6. The van der Waals surface area contributed by atoms with Crippen molar-refractivity contribution in [1.29, 1.82) is 0 Å². The lowest BCUT2D eigenvalue weighted by atomic mass is 9.70. The fourth-order valence-electron chi connectivity index (χ4n) is 11.3. The van der Waals surface area contributed by atoms with Gasteiger partial charge in [-0.2, -0.15) is 0 Å². The van der Waals surface area contributed by atoms with Crippen LogP contribution in [0.25, 0.3) is 0 Å². The van der Waals surface area contributed by atoms with Crippen LogP contribution in [0.4, 0.5) is 0 Å². The molecule has 0 saturated heterocycles. The molecule has 6 aliphatic rings. The first-order valence-corrected chi connectivity index (χ1v) is 25.7. The predicted octanol–water partition coefficient (Wildman–Crippen LogP) is 8.81. The second-order valence-corrected chi connectivity index (χ2v) is 21.0. The van der Waals surface area contributed by atoms with Crippen LogP contribution in [0.5, 0.6) is 0 Å². The minimum Gasteiger partial charge on any atom is -0.393 e. The number of rotatable bonds is 14. The van der Waals surface area contributed by atoms with Crippen molar-refractivity contribution >= 4 is 17.7 Å². The van der Waals surface area contributed by atoms with E-state index in [0.29, 0.717) is 30.2 Å². The highest BCUT2D eigenvalue weighted by molar-refractivity contribution is 5.80. The maximum Gasteiger partial charge on any atom is 0.223 e. The highest BCUT2D eigenvalue weighted by atomic mass is 16.3. The Morgan fingerprint density at radius 1 is 0.415 bits per heavy atom. The molecule has 6 saturated carbocycles. The Labute approximate surface area is 389 Å². The topological polar surface area (TPSA) is 148 Å². The molecular formula is C56H79N3O6. The molecule has 65 heavy (non-hydrogen) atoms. The lowest BCUT2D eigenvalue weighted by molar-refractivity contribution is -0.131. The molecule has 0 bridgehead atoms. The molecule has 0 radical (unpaired) electrons. The zero-order valence-corrected chi connectivity index (χ0v) is 38.9. The van der Waals surface area contributed by atoms with E-state index in [9.17, 15) is 29.7 Å². The standard InChI is InChI=1S/2C19H27NO2.C18H25NO2/c21-18-8-6-17(7-9-18)20-19(22)13-16-11-15(12-16)10-14-4-2-1-3-5-14;21-18-10-8-17(9-11-18)20-19(22)16-12-15(13-16)7-6-14-4-2-1-3-5-14;20-17-8-6-16(7-9-17)19-18(21)15-11-14(12-15)10-13-4-2-1-3-5-13/h2*1-5,15-18,21H,6-13H2,(H,20,22);1-5,14-17,20H,6-12H2,(H,19,21). The van der Waals surface area contributed by atoms with Gasteiger partial charge in [-0.05, 0) is 182 Å². The molecule has 3 amide bonds. The number of aryl methyl sites for hydroxylation is 1. The van der Waals surface area contributed by atoms with Gasteiger partial charge < -0.3 is 31.3 Å². The lowest BCUT2D eigenvalue weighted by Gasteiger charge is -2.36. The Morgan fingerprint density at radius 2 is 0.769 bits per heavy atom. The van der Waals surface area contributed by atoms with E-state index in [-0.39, 0.29) is 60.0 Å². The number of aliphatic hydroxyl groups excluding tert-OH is 3. The van der Waals surface area contributed by atoms with Gasteiger partial charge in [0.1, 0.15) is 0 Å². The van der Waals surface area contributed by atoms with Crippen LogP contribution < -0.4 is 16.0 Å². The van der Waals surface area contributed by atoms with Crippen molar-refractivity contribution in [3.05, 3.63) is 108 Å². The van der Waals surface area contributed by atoms with Gasteiger partial charge in [-0.3, -0.25) is 14.4 Å². The van der Waals surface area contributed by atoms with Crippen LogP contribution in [0.2, 0.25) is 0 Å². The minimum atomic E-state index is -0.155. The first kappa shape index (κ1) is 48.9. The molecule has 3 aromatic rings. The summed E-state index contributed by atoms with van der Waals surface area (Å²) in [4.78, 5) is 36.5. The molecule has 0 spiro atoms. The van der Waals surface area contributed by atoms with Crippen molar-refractivity contribution in [2.75, 3.05) is 0 Å². The maximum absolute atomic E-state index is 12.2. The van der Waals surface area contributed by atoms with Crippen molar-refractivity contribution in [2.24, 2.45) is 35.5 Å². The zero-order chi connectivity index (χ0) is 45.4. The Balaban J connectivity index is 0.000000145. The van der Waals surface area contributed by atoms with Crippen LogP contribution in [-0.4, -0.2) is 69.5 Å². The van der Waals surface area contributed by atoms with E-state index in [1.54, 1.807) is 0 Å². The molecule has 3 aromatic carbocycles. The van der Waals surface area contributed by atoms with Crippen LogP contribution in [-0.2, 0) is 33.6 Å². The lowest BCUT2D eigenvalue weighted by Crippen LogP contribution is -2.45. The van der Waals surface area contributed by atoms with E-state index in [0.717, 1.165) is 128 Å². The number of aliphatic hydroxyl groups is 3. The van der Waals surface area contributed by atoms with Gasteiger partial charge in [-0.25, -0.2) is 0 Å². The molecule has 0 unspecified atom stereocenters. The van der Waals surface area contributed by atoms with Gasteiger partial charge in [-0.15, -0.1) is 0 Å². The molecule has 0 aromatic heterocycles. The van der Waals surface area contributed by atoms with E-state index >= 15 is 0 Å². The maximum atomic E-state index is 12.2. The first-order chi connectivity index (χ1) is 31.6. The molecule has 0 atom stereocenters. The Hall–Kier alpha value is -4.05. The minimum absolute atomic E-state index is 0.153. The van der Waals surface area contributed by atoms with Crippen molar-refractivity contribution < 1.29 is 29.7 Å². The van der Waals surface area contributed by atoms with E-state index in [1.165, 1.54) is 36.0 Å². The second-order valence-electron chi connectivity index (χ2n) is 21.0. The van der Waals surface area contributed by atoms with Crippen molar-refractivity contribution in [1.82, 2.24) is 16.0 Å². The highest BCUT2D eigenvalue weighted by Crippen LogP contribution is 2.39. The van der Waals surface area contributed by atoms with Crippen molar-refractivity contribution in [3.8, 4) is 0 Å². The normalized spacial score (nSPS) is 31.6. The molecule has 6 fully saturated rings. The van der Waals surface area contributed by atoms with E-state index < -0.39 is 0 Å². The monoisotopic (exact) mass is 890 g/mol. The van der Waals surface area contributed by atoms with Gasteiger partial charge in [0.15, 0.2) is 0 Å². The van der Waals surface area contributed by atoms with Crippen LogP contribution in [0.3, 0.4) is 0 Å². The highest BCUT2D eigenvalue weighted by Gasteiger charge is 2.37. The number of benzene rings is 3. The average molecular weight is 890 g/mol. The smallest absolute Gasteiger partial charge is 0.223 e. The summed E-state index contributed by atoms with van der Waals surface area (Å²) < 4.78 is 0. The summed E-state index contributed by atoms with van der Waals surface area (Å²) in [5, 5.41) is 38.0. The summed E-state index contributed by atoms with van der Waals surface area (Å²) in [6.07, 6.45) is 21.8. The summed E-state index contributed by atoms with van der Waals surface area (Å²) in [7, 11) is 0. The molecule has 9 rings (SSSR count). The molecule has 354 valence electrons. The Kier molecular flexibility index (Phi) is 18.9. The SMILES string of the molecule is O=C(CC1CC(Cc2ccccc2)C1)NC1CCC(O)CC1.O=C(NC1CCC(O)CC1)C1CC(CCc2ccccc2)C1.O=C(NC1CCC(O)CC1)C1CC(Cc2ccccc2)C1. The van der Waals surface area contributed by atoms with Crippen LogP contribution >= 0.6 is 0 Å². The van der Waals surface area contributed by atoms with Gasteiger partial charge >= 0.3 is 0 Å². The van der Waals surface area contributed by atoms with Gasteiger partial charge in [0, 0.05) is 36.4 Å². The summed E-state index contributed by atoms with van der Waals surface area (Å²) in [6.45, 7) is 0. The largest absolute Gasteiger partial charge is 0.393 e. The van der Waals surface area contributed by atoms with Gasteiger partial charge in [0.2, 0.25) is 17.7 Å². The molecule has 0 aliphatic heterocycles. The fraction of sp³-hybridized carbons (Fsp3) is 0.625. The fourth-order valence-corrected chi connectivity index (χ4v) is 11.3. The number of hydrogen-bond acceptors (Lipinski definition) is 6. The number of carbonyl (C=O) groups is 3. The van der Waals surface area contributed by atoms with Crippen molar-refractivity contribution in [2.45, 2.75) is 184 Å². The van der Waals surface area contributed by atoms with E-state index in [4.69, 9.17) is 0 Å². The summed E-state index contributed by atoms with van der Waals surface area (Å²) >= 11 is 0. The number of carbonyl (C=O) groups excluding carboxylic acids is 3. The van der Waals surface area contributed by atoms with Crippen molar-refractivity contribution in [3.63, 3.8) is 0 Å². The van der Waals surface area contributed by atoms with Gasteiger partial charge in [0.05, 0.1) is 18.3 Å². The number of hydrogen-bond donors (Lipinski definition) is 6. The third kappa shape index (κ3) is 16.4. The molecule has 0 heterocycles. The zero-order valence-electron chi connectivity index (χ0n) is 38.9. The van der Waals surface area contributed by atoms with Crippen LogP contribution in [0.1, 0.15) is 145 Å². The summed E-state index contributed by atoms with van der Waals surface area (Å²) in [5.41, 5.74) is 4.19. The van der Waals surface area contributed by atoms with E-state index in [2.05, 4.69) is 101 Å². The van der Waals surface area contributed by atoms with Gasteiger partial charge in [-0.1, -0.05) is 91.0 Å². The van der Waals surface area contributed by atoms with Gasteiger partial charge in [0.25, 0.3) is 0 Å². The van der Waals surface area contributed by atoms with E-state index in [1.807, 2.05) is 6.07 Å². The molecule has 6 N–H and O–H groups in total. The summed E-state index contributed by atoms with van der Waals surface area (Å²) in [5.74, 6) is 3.84. The molecule has 9 heteroatoms. The quantitative estimate of drug-likeness (QED) is 0.0954. The number of amides is 3. The van der Waals surface area contributed by atoms with Crippen LogP contribution in [0, 0.1) is 35.5 Å². The Morgan fingerprint density at radius 3 is 1.18 bits per heavy atom. The predicted molar refractivity (Wildman–Crippen MR) is 258 cm³/mol. The first-order valence-electron chi connectivity index (χ1n) is 25.7. The molecule has 9 nitrogen and oxygen atoms in total. The Bertz CT molecular complexity index is 1840. The summed E-state index contributed by atoms with van der Waals surface area (Å²) in [6, 6.07) is 32.6. The van der Waals surface area contributed by atoms with Crippen LogP contribution in [0.15, 0.2) is 91.0 Å². The molecular weight excluding hydrogens is 811 g/mol.